The largest absolute Gasteiger partial charge is 0.497 e. The van der Waals surface area contributed by atoms with E-state index in [1.807, 2.05) is 43.5 Å². The zero-order chi connectivity index (χ0) is 23.1. The highest BCUT2D eigenvalue weighted by Gasteiger charge is 2.25. The van der Waals surface area contributed by atoms with Crippen LogP contribution in [-0.4, -0.2) is 33.0 Å². The maximum absolute atomic E-state index is 13.9. The molecule has 7 nitrogen and oxygen atoms in total. The van der Waals surface area contributed by atoms with Crippen molar-refractivity contribution in [2.75, 3.05) is 12.4 Å². The first-order valence-electron chi connectivity index (χ1n) is 10.4. The molecular formula is C23H27FN4O3S. The normalized spacial score (nSPS) is 12.8. The van der Waals surface area contributed by atoms with E-state index in [9.17, 15) is 9.18 Å². The third-order valence-electron chi connectivity index (χ3n) is 4.82. The Morgan fingerprint density at radius 2 is 1.91 bits per heavy atom. The van der Waals surface area contributed by atoms with Crippen LogP contribution in [0.3, 0.4) is 0 Å². The summed E-state index contributed by atoms with van der Waals surface area (Å²) in [5.74, 6) is 1.27. The lowest BCUT2D eigenvalue weighted by molar-refractivity contribution is -0.115. The van der Waals surface area contributed by atoms with Crippen molar-refractivity contribution in [3.05, 3.63) is 60.2 Å². The summed E-state index contributed by atoms with van der Waals surface area (Å²) in [4.78, 5) is 12.7. The molecule has 3 rings (SSSR count). The van der Waals surface area contributed by atoms with Crippen molar-refractivity contribution in [2.24, 2.45) is 0 Å². The molecule has 2 unspecified atom stereocenters. The quantitative estimate of drug-likeness (QED) is 0.426. The highest BCUT2D eigenvalue weighted by molar-refractivity contribution is 8.00. The van der Waals surface area contributed by atoms with Gasteiger partial charge >= 0.3 is 0 Å². The van der Waals surface area contributed by atoms with E-state index in [1.54, 1.807) is 25.3 Å². The Kier molecular flexibility index (Phi) is 8.10. The molecule has 0 saturated carbocycles. The van der Waals surface area contributed by atoms with Gasteiger partial charge in [-0.05, 0) is 44.5 Å². The molecule has 1 aromatic heterocycles. The molecule has 1 amide bonds. The first-order chi connectivity index (χ1) is 15.5. The first kappa shape index (κ1) is 23.6. The van der Waals surface area contributed by atoms with Gasteiger partial charge in [-0.2, -0.15) is 0 Å². The monoisotopic (exact) mass is 458 g/mol. The summed E-state index contributed by atoms with van der Waals surface area (Å²) >= 11 is 1.30. The lowest BCUT2D eigenvalue weighted by Crippen LogP contribution is -2.25. The highest BCUT2D eigenvalue weighted by atomic mass is 32.2. The molecule has 2 aromatic carbocycles. The van der Waals surface area contributed by atoms with E-state index < -0.39 is 11.1 Å². The average molecular weight is 459 g/mol. The topological polar surface area (TPSA) is 78.3 Å². The zero-order valence-corrected chi connectivity index (χ0v) is 19.4. The predicted octanol–water partition coefficient (Wildman–Crippen LogP) is 5.10. The fourth-order valence-electron chi connectivity index (χ4n) is 3.14. The molecule has 0 aliphatic carbocycles. The number of anilines is 1. The second-order valence-corrected chi connectivity index (χ2v) is 8.18. The molecule has 0 aliphatic heterocycles. The minimum atomic E-state index is -0.469. The number of thioether (sulfide) groups is 1. The van der Waals surface area contributed by atoms with Crippen LogP contribution in [0.5, 0.6) is 11.5 Å². The zero-order valence-electron chi connectivity index (χ0n) is 18.5. The Balaban J connectivity index is 1.73. The molecule has 0 radical (unpaired) electrons. The molecule has 1 N–H and O–H groups in total. The van der Waals surface area contributed by atoms with Gasteiger partial charge in [0.2, 0.25) is 5.91 Å². The number of methoxy groups -OCH3 is 1. The molecule has 170 valence electrons. The summed E-state index contributed by atoms with van der Waals surface area (Å²) < 4.78 is 27.1. The van der Waals surface area contributed by atoms with Gasteiger partial charge in [0, 0.05) is 12.6 Å². The fraction of sp³-hybridized carbons (Fsp3) is 0.348. The molecule has 0 spiro atoms. The van der Waals surface area contributed by atoms with Crippen molar-refractivity contribution < 1.29 is 18.7 Å². The summed E-state index contributed by atoms with van der Waals surface area (Å²) in [7, 11) is 1.60. The molecule has 2 atom stereocenters. The summed E-state index contributed by atoms with van der Waals surface area (Å²) in [6.07, 6.45) is 0.184. The molecule has 1 heterocycles. The van der Waals surface area contributed by atoms with Crippen LogP contribution < -0.4 is 14.8 Å². The van der Waals surface area contributed by atoms with Crippen molar-refractivity contribution in [1.82, 2.24) is 14.8 Å². The van der Waals surface area contributed by atoms with Gasteiger partial charge in [0.25, 0.3) is 0 Å². The van der Waals surface area contributed by atoms with E-state index in [2.05, 4.69) is 15.5 Å². The number of ether oxygens (including phenoxy) is 2. The van der Waals surface area contributed by atoms with E-state index >= 15 is 0 Å². The van der Waals surface area contributed by atoms with Crippen molar-refractivity contribution >= 4 is 23.4 Å². The van der Waals surface area contributed by atoms with E-state index in [0.717, 1.165) is 0 Å². The van der Waals surface area contributed by atoms with Crippen LogP contribution in [-0.2, 0) is 11.3 Å². The summed E-state index contributed by atoms with van der Waals surface area (Å²) in [6.45, 7) is 6.39. The second-order valence-electron chi connectivity index (χ2n) is 7.01. The van der Waals surface area contributed by atoms with Crippen LogP contribution in [0.1, 0.15) is 39.1 Å². The van der Waals surface area contributed by atoms with Gasteiger partial charge in [-0.3, -0.25) is 4.79 Å². The number of halogens is 1. The standard InChI is InChI=1S/C23H27FN4O3S/c1-5-20(22(29)25-19-13-8-7-12-18(19)24)32-23-27-26-21(28(23)6-2)15(3)31-17-11-9-10-16(14-17)30-4/h7-15,20H,5-6H2,1-4H3,(H,25,29). The van der Waals surface area contributed by atoms with E-state index in [0.29, 0.717) is 35.4 Å². The Bertz CT molecular complexity index is 1060. The van der Waals surface area contributed by atoms with Crippen LogP contribution in [0.15, 0.2) is 53.7 Å². The van der Waals surface area contributed by atoms with Crippen LogP contribution in [0.4, 0.5) is 10.1 Å². The number of amides is 1. The first-order valence-corrected chi connectivity index (χ1v) is 11.3. The van der Waals surface area contributed by atoms with Gasteiger partial charge in [-0.15, -0.1) is 10.2 Å². The van der Waals surface area contributed by atoms with Crippen LogP contribution in [0.2, 0.25) is 0 Å². The number of nitrogens with zero attached hydrogens (tertiary/aromatic N) is 3. The molecule has 0 saturated heterocycles. The van der Waals surface area contributed by atoms with E-state index in [4.69, 9.17) is 9.47 Å². The summed E-state index contributed by atoms with van der Waals surface area (Å²) in [6, 6.07) is 13.5. The number of benzene rings is 2. The maximum atomic E-state index is 13.9. The van der Waals surface area contributed by atoms with Crippen LogP contribution in [0.25, 0.3) is 0 Å². The van der Waals surface area contributed by atoms with Gasteiger partial charge < -0.3 is 19.4 Å². The molecular weight excluding hydrogens is 431 g/mol. The van der Waals surface area contributed by atoms with Crippen LogP contribution >= 0.6 is 11.8 Å². The minimum Gasteiger partial charge on any atom is -0.497 e. The SMILES string of the molecule is CCC(Sc1nnc(C(C)Oc2cccc(OC)c2)n1CC)C(=O)Nc1ccccc1F. The fourth-order valence-corrected chi connectivity index (χ4v) is 4.17. The van der Waals surface area contributed by atoms with Gasteiger partial charge in [0.05, 0.1) is 18.0 Å². The molecule has 3 aromatic rings. The number of hydrogen-bond donors (Lipinski definition) is 1. The summed E-state index contributed by atoms with van der Waals surface area (Å²) in [5, 5.41) is 11.4. The van der Waals surface area contributed by atoms with Crippen molar-refractivity contribution in [1.29, 1.82) is 0 Å². The highest BCUT2D eigenvalue weighted by Crippen LogP contribution is 2.30. The van der Waals surface area contributed by atoms with Gasteiger partial charge in [0.1, 0.15) is 17.3 Å². The Labute approximate surface area is 191 Å². The molecule has 0 fully saturated rings. The van der Waals surface area contributed by atoms with Crippen molar-refractivity contribution in [3.8, 4) is 11.5 Å². The van der Waals surface area contributed by atoms with Crippen molar-refractivity contribution in [3.63, 3.8) is 0 Å². The second kappa shape index (κ2) is 11.0. The number of para-hydroxylation sites is 1. The van der Waals surface area contributed by atoms with Gasteiger partial charge in [0.15, 0.2) is 17.1 Å². The molecule has 9 heteroatoms. The average Bonchev–Trinajstić information content (AvgIpc) is 3.21. The Morgan fingerprint density at radius 3 is 2.59 bits per heavy atom. The number of hydrogen-bond acceptors (Lipinski definition) is 6. The minimum absolute atomic E-state index is 0.162. The molecule has 0 bridgehead atoms. The number of aromatic nitrogens is 3. The number of carbonyl (C=O) groups excluding carboxylic acids is 1. The van der Waals surface area contributed by atoms with Crippen LogP contribution in [0, 0.1) is 5.82 Å². The van der Waals surface area contributed by atoms with E-state index in [1.165, 1.54) is 23.9 Å². The van der Waals surface area contributed by atoms with Gasteiger partial charge in [-0.1, -0.05) is 36.9 Å². The Morgan fingerprint density at radius 1 is 1.16 bits per heavy atom. The third-order valence-corrected chi connectivity index (χ3v) is 6.17. The number of carbonyl (C=O) groups is 1. The lowest BCUT2D eigenvalue weighted by atomic mass is 10.2. The maximum Gasteiger partial charge on any atom is 0.238 e. The molecule has 0 aliphatic rings. The molecule has 32 heavy (non-hydrogen) atoms. The number of rotatable bonds is 10. The van der Waals surface area contributed by atoms with Crippen molar-refractivity contribution in [2.45, 2.75) is 50.2 Å². The number of nitrogens with one attached hydrogen (secondary N) is 1. The smallest absolute Gasteiger partial charge is 0.238 e. The third kappa shape index (κ3) is 5.59. The Hall–Kier alpha value is -3.07. The predicted molar refractivity (Wildman–Crippen MR) is 123 cm³/mol. The van der Waals surface area contributed by atoms with Gasteiger partial charge in [-0.25, -0.2) is 4.39 Å². The lowest BCUT2D eigenvalue weighted by Gasteiger charge is -2.17. The summed E-state index contributed by atoms with van der Waals surface area (Å²) in [5.41, 5.74) is 0.162. The van der Waals surface area contributed by atoms with E-state index in [-0.39, 0.29) is 17.7 Å².